The zero-order chi connectivity index (χ0) is 22.4. The molecule has 0 radical (unpaired) electrons. The van der Waals surface area contributed by atoms with Crippen LogP contribution in [0, 0.1) is 0 Å². The van der Waals surface area contributed by atoms with E-state index in [-0.39, 0.29) is 29.2 Å². The van der Waals surface area contributed by atoms with Gasteiger partial charge in [0.15, 0.2) is 0 Å². The molecule has 0 bridgehead atoms. The number of carbonyl (C=O) groups excluding carboxylic acids is 1. The molecule has 9 nitrogen and oxygen atoms in total. The minimum atomic E-state index is -4.08. The average molecular weight is 496 g/mol. The molecule has 0 fully saturated rings. The van der Waals surface area contributed by atoms with Gasteiger partial charge in [-0.3, -0.25) is 10.0 Å². The van der Waals surface area contributed by atoms with Gasteiger partial charge in [0.05, 0.1) is 9.79 Å². The van der Waals surface area contributed by atoms with E-state index in [4.69, 9.17) is 28.4 Å². The molecule has 0 aliphatic rings. The monoisotopic (exact) mass is 495 g/mol. The Morgan fingerprint density at radius 3 is 1.80 bits per heavy atom. The first kappa shape index (κ1) is 24.5. The fourth-order valence-electron chi connectivity index (χ4n) is 2.40. The Morgan fingerprint density at radius 1 is 0.867 bits per heavy atom. The number of hydrogen-bond acceptors (Lipinski definition) is 6. The summed E-state index contributed by atoms with van der Waals surface area (Å²) in [6, 6.07) is 9.51. The van der Waals surface area contributed by atoms with E-state index in [2.05, 4.69) is 9.44 Å². The molecule has 1 amide bonds. The quantitative estimate of drug-likeness (QED) is 0.225. The van der Waals surface area contributed by atoms with Gasteiger partial charge >= 0.3 is 0 Å². The van der Waals surface area contributed by atoms with Crippen LogP contribution in [-0.2, 0) is 24.8 Å². The van der Waals surface area contributed by atoms with Crippen LogP contribution in [0.5, 0.6) is 0 Å². The molecule has 2 aromatic carbocycles. The van der Waals surface area contributed by atoms with Crippen LogP contribution in [-0.4, -0.2) is 40.5 Å². The second kappa shape index (κ2) is 10.5. The first-order chi connectivity index (χ1) is 14.0. The molecule has 4 N–H and O–H groups in total. The summed E-state index contributed by atoms with van der Waals surface area (Å²) in [5.74, 6) is -0.979. The number of halogens is 2. The summed E-state index contributed by atoms with van der Waals surface area (Å²) >= 11 is 11.5. The average Bonchev–Trinajstić information content (AvgIpc) is 2.70. The molecule has 1 atom stereocenters. The van der Waals surface area contributed by atoms with E-state index in [1.54, 1.807) is 0 Å². The molecule has 2 aromatic rings. The van der Waals surface area contributed by atoms with Crippen LogP contribution < -0.4 is 14.9 Å². The Kier molecular flexibility index (Phi) is 8.62. The van der Waals surface area contributed by atoms with Crippen molar-refractivity contribution in [3.8, 4) is 0 Å². The molecule has 13 heteroatoms. The number of hydroxylamine groups is 1. The number of carbonyl (C=O) groups is 1. The van der Waals surface area contributed by atoms with Gasteiger partial charge < -0.3 is 0 Å². The number of benzene rings is 2. The molecule has 164 valence electrons. The zero-order valence-corrected chi connectivity index (χ0v) is 18.5. The summed E-state index contributed by atoms with van der Waals surface area (Å²) in [7, 11) is -7.87. The minimum absolute atomic E-state index is 0.0139. The molecule has 0 aliphatic carbocycles. The topological polar surface area (TPSA) is 142 Å². The third-order valence-corrected chi connectivity index (χ3v) is 7.40. The van der Waals surface area contributed by atoms with E-state index in [0.29, 0.717) is 10.0 Å². The van der Waals surface area contributed by atoms with E-state index in [0.717, 1.165) is 0 Å². The molecule has 0 unspecified atom stereocenters. The highest BCUT2D eigenvalue weighted by Gasteiger charge is 2.25. The van der Waals surface area contributed by atoms with Gasteiger partial charge in [-0.05, 0) is 61.4 Å². The lowest BCUT2D eigenvalue weighted by Crippen LogP contribution is -2.46. The first-order valence-electron chi connectivity index (χ1n) is 8.52. The number of hydrogen-bond donors (Lipinski definition) is 4. The van der Waals surface area contributed by atoms with Gasteiger partial charge in [0.2, 0.25) is 20.0 Å². The highest BCUT2D eigenvalue weighted by atomic mass is 35.5. The van der Waals surface area contributed by atoms with Crippen molar-refractivity contribution in [3.63, 3.8) is 0 Å². The van der Waals surface area contributed by atoms with E-state index < -0.39 is 32.0 Å². The number of nitrogens with one attached hydrogen (secondary N) is 3. The Hall–Kier alpha value is -1.73. The van der Waals surface area contributed by atoms with E-state index in [1.165, 1.54) is 54.0 Å². The first-order valence-corrected chi connectivity index (χ1v) is 12.2. The van der Waals surface area contributed by atoms with Crippen molar-refractivity contribution in [2.45, 2.75) is 28.7 Å². The third kappa shape index (κ3) is 6.91. The molecular weight excluding hydrogens is 477 g/mol. The lowest BCUT2D eigenvalue weighted by molar-refractivity contribution is -0.131. The van der Waals surface area contributed by atoms with Crippen LogP contribution >= 0.6 is 23.2 Å². The van der Waals surface area contributed by atoms with Gasteiger partial charge in [0.25, 0.3) is 5.91 Å². The Bertz CT molecular complexity index is 1080. The van der Waals surface area contributed by atoms with Crippen molar-refractivity contribution < 1.29 is 26.8 Å². The van der Waals surface area contributed by atoms with Crippen molar-refractivity contribution in [1.82, 2.24) is 14.9 Å². The number of amides is 1. The molecular formula is C17H19Cl2N3O6S2. The van der Waals surface area contributed by atoms with Crippen molar-refractivity contribution in [2.24, 2.45) is 0 Å². The molecule has 0 aromatic heterocycles. The molecule has 0 spiro atoms. The molecule has 0 saturated heterocycles. The van der Waals surface area contributed by atoms with Crippen LogP contribution in [0.25, 0.3) is 0 Å². The minimum Gasteiger partial charge on any atom is -0.289 e. The second-order valence-electron chi connectivity index (χ2n) is 6.10. The van der Waals surface area contributed by atoms with E-state index in [9.17, 15) is 21.6 Å². The summed E-state index contributed by atoms with van der Waals surface area (Å²) < 4.78 is 53.9. The normalized spacial score (nSPS) is 13.0. The maximum Gasteiger partial charge on any atom is 0.261 e. The van der Waals surface area contributed by atoms with E-state index in [1.807, 2.05) is 0 Å². The van der Waals surface area contributed by atoms with Gasteiger partial charge in [-0.15, -0.1) is 0 Å². The maximum atomic E-state index is 12.4. The lowest BCUT2D eigenvalue weighted by atomic mass is 10.1. The van der Waals surface area contributed by atoms with Crippen LogP contribution in [0.15, 0.2) is 58.3 Å². The Balaban J connectivity index is 1.99. The second-order valence-corrected chi connectivity index (χ2v) is 10.5. The predicted molar refractivity (Wildman–Crippen MR) is 111 cm³/mol. The summed E-state index contributed by atoms with van der Waals surface area (Å²) in [6.45, 7) is -0.0666. The van der Waals surface area contributed by atoms with Crippen molar-refractivity contribution >= 4 is 49.2 Å². The van der Waals surface area contributed by atoms with Crippen LogP contribution in [0.1, 0.15) is 12.8 Å². The van der Waals surface area contributed by atoms with Gasteiger partial charge in [-0.1, -0.05) is 23.2 Å². The van der Waals surface area contributed by atoms with Crippen molar-refractivity contribution in [1.29, 1.82) is 0 Å². The van der Waals surface area contributed by atoms with Gasteiger partial charge in [-0.25, -0.2) is 27.0 Å². The van der Waals surface area contributed by atoms with E-state index >= 15 is 0 Å². The van der Waals surface area contributed by atoms with Gasteiger partial charge in [0, 0.05) is 16.6 Å². The summed E-state index contributed by atoms with van der Waals surface area (Å²) in [5.41, 5.74) is 1.40. The van der Waals surface area contributed by atoms with Crippen molar-refractivity contribution in [3.05, 3.63) is 58.6 Å². The fourth-order valence-corrected chi connectivity index (χ4v) is 4.96. The SMILES string of the molecule is O=C(NO)[C@H](CCCNS(=O)(=O)c1ccc(Cl)cc1)NS(=O)(=O)c1ccc(Cl)cc1. The van der Waals surface area contributed by atoms with Crippen LogP contribution in [0.4, 0.5) is 0 Å². The summed E-state index contributed by atoms with van der Waals surface area (Å²) in [5, 5.41) is 9.62. The Morgan fingerprint density at radius 2 is 1.33 bits per heavy atom. The summed E-state index contributed by atoms with van der Waals surface area (Å²) in [6.07, 6.45) is 0.0242. The largest absolute Gasteiger partial charge is 0.289 e. The predicted octanol–water partition coefficient (Wildman–Crippen LogP) is 1.90. The molecule has 0 saturated carbocycles. The van der Waals surface area contributed by atoms with Gasteiger partial charge in [0.1, 0.15) is 6.04 Å². The number of sulfonamides is 2. The summed E-state index contributed by atoms with van der Waals surface area (Å²) in [4.78, 5) is 11.8. The fraction of sp³-hybridized carbons (Fsp3) is 0.235. The number of rotatable bonds is 10. The molecule has 0 heterocycles. The molecule has 0 aliphatic heterocycles. The Labute approximate surface area is 184 Å². The smallest absolute Gasteiger partial charge is 0.261 e. The van der Waals surface area contributed by atoms with Crippen molar-refractivity contribution in [2.75, 3.05) is 6.54 Å². The lowest BCUT2D eigenvalue weighted by Gasteiger charge is -2.17. The zero-order valence-electron chi connectivity index (χ0n) is 15.4. The van der Waals surface area contributed by atoms with Crippen LogP contribution in [0.3, 0.4) is 0 Å². The highest BCUT2D eigenvalue weighted by molar-refractivity contribution is 7.89. The highest BCUT2D eigenvalue weighted by Crippen LogP contribution is 2.16. The van der Waals surface area contributed by atoms with Gasteiger partial charge in [-0.2, -0.15) is 4.72 Å². The van der Waals surface area contributed by atoms with Crippen LogP contribution in [0.2, 0.25) is 10.0 Å². The molecule has 2 rings (SSSR count). The molecule has 30 heavy (non-hydrogen) atoms. The maximum absolute atomic E-state index is 12.4. The third-order valence-electron chi connectivity index (χ3n) is 3.93. The standard InChI is InChI=1S/C17H19Cl2N3O6S2/c18-12-3-7-14(8-4-12)29(25,26)20-11-1-2-16(17(23)21-24)22-30(27,28)15-9-5-13(19)6-10-15/h3-10,16,20,22,24H,1-2,11H2,(H,21,23)/t16-/m0/s1.